The summed E-state index contributed by atoms with van der Waals surface area (Å²) in [4.78, 5) is 11.7. The molecule has 1 aliphatic rings. The van der Waals surface area contributed by atoms with E-state index >= 15 is 0 Å². The van der Waals surface area contributed by atoms with E-state index in [1.54, 1.807) is 6.08 Å². The Labute approximate surface area is 128 Å². The maximum absolute atomic E-state index is 11.7. The standard InChI is InChI=1S/C18H16O4/c19-18(11-10-14-6-2-1-3-7-14)21-13-15-12-20-16-8-4-5-9-17(16)22-15/h1-11,15H,12-13H2/b11-10+/t15-/m1/s1. The number of carbonyl (C=O) groups excluding carboxylic acids is 1. The number of hydrogen-bond acceptors (Lipinski definition) is 4. The zero-order valence-electron chi connectivity index (χ0n) is 12.0. The second kappa shape index (κ2) is 6.80. The lowest BCUT2D eigenvalue weighted by molar-refractivity contribution is -0.140. The van der Waals surface area contributed by atoms with Gasteiger partial charge in [-0.1, -0.05) is 42.5 Å². The Kier molecular flexibility index (Phi) is 4.39. The van der Waals surface area contributed by atoms with Crippen molar-refractivity contribution in [2.75, 3.05) is 13.2 Å². The van der Waals surface area contributed by atoms with Gasteiger partial charge in [-0.3, -0.25) is 0 Å². The van der Waals surface area contributed by atoms with Crippen molar-refractivity contribution in [1.82, 2.24) is 0 Å². The maximum Gasteiger partial charge on any atom is 0.330 e. The lowest BCUT2D eigenvalue weighted by Crippen LogP contribution is -2.34. The van der Waals surface area contributed by atoms with Gasteiger partial charge in [-0.15, -0.1) is 0 Å². The fourth-order valence-electron chi connectivity index (χ4n) is 2.10. The smallest absolute Gasteiger partial charge is 0.330 e. The molecule has 0 spiro atoms. The summed E-state index contributed by atoms with van der Waals surface area (Å²) >= 11 is 0. The first-order valence-electron chi connectivity index (χ1n) is 7.09. The van der Waals surface area contributed by atoms with Crippen LogP contribution in [0, 0.1) is 0 Å². The molecule has 2 aromatic rings. The first kappa shape index (κ1) is 14.2. The molecule has 112 valence electrons. The van der Waals surface area contributed by atoms with E-state index in [1.807, 2.05) is 54.6 Å². The zero-order valence-corrected chi connectivity index (χ0v) is 12.0. The maximum atomic E-state index is 11.7. The molecule has 0 saturated carbocycles. The van der Waals surface area contributed by atoms with Crippen LogP contribution in [0.1, 0.15) is 5.56 Å². The van der Waals surface area contributed by atoms with Crippen molar-refractivity contribution in [3.05, 3.63) is 66.2 Å². The Morgan fingerprint density at radius 2 is 1.82 bits per heavy atom. The lowest BCUT2D eigenvalue weighted by Gasteiger charge is -2.25. The predicted molar refractivity (Wildman–Crippen MR) is 82.8 cm³/mol. The van der Waals surface area contributed by atoms with Crippen LogP contribution < -0.4 is 9.47 Å². The van der Waals surface area contributed by atoms with Gasteiger partial charge < -0.3 is 14.2 Å². The number of rotatable bonds is 4. The van der Waals surface area contributed by atoms with E-state index in [0.29, 0.717) is 18.1 Å². The van der Waals surface area contributed by atoms with Gasteiger partial charge in [0.25, 0.3) is 0 Å². The average Bonchev–Trinajstić information content (AvgIpc) is 2.59. The minimum absolute atomic E-state index is 0.159. The van der Waals surface area contributed by atoms with Crippen LogP contribution in [-0.4, -0.2) is 25.3 Å². The third kappa shape index (κ3) is 3.67. The molecule has 0 fully saturated rings. The Balaban J connectivity index is 1.49. The van der Waals surface area contributed by atoms with Gasteiger partial charge >= 0.3 is 5.97 Å². The van der Waals surface area contributed by atoms with Gasteiger partial charge in [0, 0.05) is 6.08 Å². The molecule has 3 rings (SSSR count). The Hall–Kier alpha value is -2.75. The highest BCUT2D eigenvalue weighted by molar-refractivity contribution is 5.87. The fourth-order valence-corrected chi connectivity index (χ4v) is 2.10. The summed E-state index contributed by atoms with van der Waals surface area (Å²) in [7, 11) is 0. The van der Waals surface area contributed by atoms with Crippen molar-refractivity contribution >= 4 is 12.0 Å². The van der Waals surface area contributed by atoms with Crippen molar-refractivity contribution in [1.29, 1.82) is 0 Å². The Morgan fingerprint density at radius 3 is 2.64 bits per heavy atom. The number of esters is 1. The number of fused-ring (bicyclic) bond motifs is 1. The molecule has 22 heavy (non-hydrogen) atoms. The quantitative estimate of drug-likeness (QED) is 0.642. The van der Waals surface area contributed by atoms with E-state index in [4.69, 9.17) is 14.2 Å². The van der Waals surface area contributed by atoms with Crippen molar-refractivity contribution in [2.45, 2.75) is 6.10 Å². The van der Waals surface area contributed by atoms with Crippen LogP contribution in [-0.2, 0) is 9.53 Å². The van der Waals surface area contributed by atoms with Crippen molar-refractivity contribution < 1.29 is 19.0 Å². The first-order valence-corrected chi connectivity index (χ1v) is 7.09. The van der Waals surface area contributed by atoms with Gasteiger partial charge in [0.1, 0.15) is 13.2 Å². The van der Waals surface area contributed by atoms with Crippen LogP contribution in [0.5, 0.6) is 11.5 Å². The molecule has 4 heteroatoms. The van der Waals surface area contributed by atoms with E-state index < -0.39 is 5.97 Å². The highest BCUT2D eigenvalue weighted by atomic mass is 16.6. The van der Waals surface area contributed by atoms with Gasteiger partial charge in [-0.25, -0.2) is 4.79 Å². The first-order chi connectivity index (χ1) is 10.8. The van der Waals surface area contributed by atoms with Crippen molar-refractivity contribution in [3.8, 4) is 11.5 Å². The second-order valence-electron chi connectivity index (χ2n) is 4.87. The lowest BCUT2D eigenvalue weighted by atomic mass is 10.2. The minimum atomic E-state index is -0.397. The predicted octanol–water partition coefficient (Wildman–Crippen LogP) is 3.08. The largest absolute Gasteiger partial charge is 0.486 e. The van der Waals surface area contributed by atoms with E-state index in [0.717, 1.165) is 5.56 Å². The molecule has 0 amide bonds. The summed E-state index contributed by atoms with van der Waals surface area (Å²) in [6.07, 6.45) is 2.84. The van der Waals surface area contributed by atoms with E-state index in [1.165, 1.54) is 6.08 Å². The molecule has 0 radical (unpaired) electrons. The summed E-state index contributed by atoms with van der Waals surface area (Å²) in [5, 5.41) is 0. The SMILES string of the molecule is O=C(/C=C/c1ccccc1)OC[C@H]1COc2ccccc2O1. The molecule has 0 aliphatic carbocycles. The Morgan fingerprint density at radius 1 is 1.09 bits per heavy atom. The third-order valence-corrected chi connectivity index (χ3v) is 3.19. The summed E-state index contributed by atoms with van der Waals surface area (Å²) in [5.74, 6) is 0.995. The van der Waals surface area contributed by atoms with E-state index in [9.17, 15) is 4.79 Å². The monoisotopic (exact) mass is 296 g/mol. The molecule has 1 heterocycles. The highest BCUT2D eigenvalue weighted by Crippen LogP contribution is 2.30. The number of para-hydroxylation sites is 2. The molecule has 0 unspecified atom stereocenters. The van der Waals surface area contributed by atoms with Crippen LogP contribution in [0.15, 0.2) is 60.7 Å². The number of carbonyl (C=O) groups is 1. The van der Waals surface area contributed by atoms with Gasteiger partial charge in [0.2, 0.25) is 0 Å². The Bertz CT molecular complexity index is 664. The van der Waals surface area contributed by atoms with Gasteiger partial charge in [0.15, 0.2) is 17.6 Å². The average molecular weight is 296 g/mol. The molecule has 0 saturated heterocycles. The minimum Gasteiger partial charge on any atom is -0.486 e. The molecule has 2 aromatic carbocycles. The number of benzene rings is 2. The number of ether oxygens (including phenoxy) is 3. The summed E-state index contributed by atoms with van der Waals surface area (Å²) < 4.78 is 16.5. The van der Waals surface area contributed by atoms with Crippen LogP contribution in [0.4, 0.5) is 0 Å². The van der Waals surface area contributed by atoms with Crippen molar-refractivity contribution in [3.63, 3.8) is 0 Å². The molecule has 1 aliphatic heterocycles. The topological polar surface area (TPSA) is 44.8 Å². The van der Waals surface area contributed by atoms with Crippen LogP contribution >= 0.6 is 0 Å². The molecule has 4 nitrogen and oxygen atoms in total. The normalized spacial score (nSPS) is 16.5. The molecular formula is C18H16O4. The molecule has 0 aromatic heterocycles. The molecule has 1 atom stereocenters. The number of hydrogen-bond donors (Lipinski definition) is 0. The van der Waals surface area contributed by atoms with E-state index in [2.05, 4.69) is 0 Å². The van der Waals surface area contributed by atoms with E-state index in [-0.39, 0.29) is 12.7 Å². The van der Waals surface area contributed by atoms with Crippen molar-refractivity contribution in [2.24, 2.45) is 0 Å². The highest BCUT2D eigenvalue weighted by Gasteiger charge is 2.21. The van der Waals surface area contributed by atoms with Crippen LogP contribution in [0.25, 0.3) is 6.08 Å². The second-order valence-corrected chi connectivity index (χ2v) is 4.87. The van der Waals surface area contributed by atoms with Gasteiger partial charge in [-0.05, 0) is 23.8 Å². The van der Waals surface area contributed by atoms with Crippen LogP contribution in [0.2, 0.25) is 0 Å². The summed E-state index contributed by atoms with van der Waals surface area (Å²) in [6.45, 7) is 0.527. The summed E-state index contributed by atoms with van der Waals surface area (Å²) in [5.41, 5.74) is 0.950. The van der Waals surface area contributed by atoms with Gasteiger partial charge in [0.05, 0.1) is 0 Å². The van der Waals surface area contributed by atoms with Crippen LogP contribution in [0.3, 0.4) is 0 Å². The third-order valence-electron chi connectivity index (χ3n) is 3.19. The summed E-state index contributed by atoms with van der Waals surface area (Å²) in [6, 6.07) is 17.0. The van der Waals surface area contributed by atoms with Gasteiger partial charge in [-0.2, -0.15) is 0 Å². The zero-order chi connectivity index (χ0) is 15.2. The molecule has 0 bridgehead atoms. The molecular weight excluding hydrogens is 280 g/mol. The molecule has 0 N–H and O–H groups in total. The fraction of sp³-hybridized carbons (Fsp3) is 0.167.